The summed E-state index contributed by atoms with van der Waals surface area (Å²) in [4.78, 5) is 15.3. The zero-order valence-corrected chi connectivity index (χ0v) is 19.2. The van der Waals surface area contributed by atoms with Crippen LogP contribution in [0.4, 0.5) is 5.69 Å². The van der Waals surface area contributed by atoms with Crippen molar-refractivity contribution in [2.75, 3.05) is 32.0 Å². The number of carbonyl (C=O) groups excluding carboxylic acids is 1. The van der Waals surface area contributed by atoms with E-state index in [0.29, 0.717) is 46.2 Å². The third kappa shape index (κ3) is 5.14. The number of nitrogens with one attached hydrogen (secondary N) is 1. The SMILES string of the molecule is NC(=O)c1[nH]c2ccc(Cl)cc2c1S(=O)N1CCOC(CO/C(N)=C/c2ccccc2N)C1. The van der Waals surface area contributed by atoms with Gasteiger partial charge in [0.15, 0.2) is 5.88 Å². The molecule has 4 rings (SSSR count). The molecule has 0 bridgehead atoms. The molecular formula is C22H24ClN5O4S. The van der Waals surface area contributed by atoms with E-state index in [9.17, 15) is 9.00 Å². The molecule has 7 N–H and O–H groups in total. The van der Waals surface area contributed by atoms with Crippen LogP contribution in [0.25, 0.3) is 17.0 Å². The fourth-order valence-electron chi connectivity index (χ4n) is 3.59. The molecule has 33 heavy (non-hydrogen) atoms. The number of halogens is 1. The largest absolute Gasteiger partial charge is 0.477 e. The molecule has 3 aromatic rings. The lowest BCUT2D eigenvalue weighted by Gasteiger charge is -2.31. The maximum Gasteiger partial charge on any atom is 0.266 e. The quantitative estimate of drug-likeness (QED) is 0.295. The van der Waals surface area contributed by atoms with E-state index in [1.54, 1.807) is 34.6 Å². The van der Waals surface area contributed by atoms with E-state index >= 15 is 0 Å². The average molecular weight is 490 g/mol. The lowest BCUT2D eigenvalue weighted by Crippen LogP contribution is -2.45. The molecule has 2 aromatic carbocycles. The van der Waals surface area contributed by atoms with Crippen LogP contribution < -0.4 is 17.2 Å². The highest BCUT2D eigenvalue weighted by atomic mass is 35.5. The van der Waals surface area contributed by atoms with Crippen LogP contribution in [0.15, 0.2) is 53.2 Å². The first-order valence-corrected chi connectivity index (χ1v) is 11.7. The van der Waals surface area contributed by atoms with Crippen molar-refractivity contribution in [2.45, 2.75) is 11.0 Å². The van der Waals surface area contributed by atoms with Gasteiger partial charge in [0.1, 0.15) is 29.4 Å². The van der Waals surface area contributed by atoms with Gasteiger partial charge in [-0.25, -0.2) is 8.51 Å². The van der Waals surface area contributed by atoms with Crippen LogP contribution in [0.2, 0.25) is 5.02 Å². The summed E-state index contributed by atoms with van der Waals surface area (Å²) in [5, 5.41) is 1.05. The summed E-state index contributed by atoms with van der Waals surface area (Å²) in [5.74, 6) is -0.506. The number of aromatic amines is 1. The number of fused-ring (bicyclic) bond motifs is 1. The predicted octanol–water partition coefficient (Wildman–Crippen LogP) is 2.20. The number of amides is 1. The van der Waals surface area contributed by atoms with Crippen molar-refractivity contribution in [1.29, 1.82) is 0 Å². The van der Waals surface area contributed by atoms with Crippen molar-refractivity contribution in [2.24, 2.45) is 11.5 Å². The number of hydrogen-bond acceptors (Lipinski definition) is 6. The number of primary amides is 1. The van der Waals surface area contributed by atoms with E-state index in [4.69, 9.17) is 38.3 Å². The van der Waals surface area contributed by atoms with Gasteiger partial charge in [-0.05, 0) is 24.3 Å². The summed E-state index contributed by atoms with van der Waals surface area (Å²) >= 11 is 6.13. The van der Waals surface area contributed by atoms with E-state index in [-0.39, 0.29) is 24.3 Å². The Morgan fingerprint density at radius 3 is 2.85 bits per heavy atom. The van der Waals surface area contributed by atoms with Crippen LogP contribution >= 0.6 is 11.6 Å². The van der Waals surface area contributed by atoms with Gasteiger partial charge in [0.25, 0.3) is 5.91 Å². The molecule has 174 valence electrons. The van der Waals surface area contributed by atoms with Crippen molar-refractivity contribution < 1.29 is 18.5 Å². The third-order valence-electron chi connectivity index (χ3n) is 5.20. The van der Waals surface area contributed by atoms with Gasteiger partial charge in [0, 0.05) is 46.3 Å². The molecule has 2 unspecified atom stereocenters. The molecule has 1 aliphatic rings. The van der Waals surface area contributed by atoms with Crippen molar-refractivity contribution in [1.82, 2.24) is 9.29 Å². The Kier molecular flexibility index (Phi) is 6.89. The first-order chi connectivity index (χ1) is 15.8. The zero-order chi connectivity index (χ0) is 23.5. The zero-order valence-electron chi connectivity index (χ0n) is 17.6. The second kappa shape index (κ2) is 9.84. The first kappa shape index (κ1) is 23.1. The molecule has 2 heterocycles. The number of morpholine rings is 1. The number of hydrogen-bond donors (Lipinski definition) is 4. The van der Waals surface area contributed by atoms with Crippen LogP contribution in [0.1, 0.15) is 16.1 Å². The Bertz CT molecular complexity index is 1240. The van der Waals surface area contributed by atoms with E-state index in [1.807, 2.05) is 18.2 Å². The lowest BCUT2D eigenvalue weighted by molar-refractivity contribution is -0.0367. The number of aromatic nitrogens is 1. The fourth-order valence-corrected chi connectivity index (χ4v) is 5.25. The highest BCUT2D eigenvalue weighted by Crippen LogP contribution is 2.30. The molecule has 0 saturated carbocycles. The van der Waals surface area contributed by atoms with Crippen LogP contribution in [0.3, 0.4) is 0 Å². The van der Waals surface area contributed by atoms with Gasteiger partial charge in [0.2, 0.25) is 0 Å². The molecule has 1 saturated heterocycles. The van der Waals surface area contributed by atoms with Crippen LogP contribution in [0.5, 0.6) is 0 Å². The summed E-state index contributed by atoms with van der Waals surface area (Å²) in [6.45, 7) is 1.20. The molecule has 1 fully saturated rings. The maximum absolute atomic E-state index is 13.5. The van der Waals surface area contributed by atoms with E-state index in [2.05, 4.69) is 4.98 Å². The van der Waals surface area contributed by atoms with E-state index < -0.39 is 16.9 Å². The van der Waals surface area contributed by atoms with Gasteiger partial charge in [-0.3, -0.25) is 4.79 Å². The smallest absolute Gasteiger partial charge is 0.266 e. The van der Waals surface area contributed by atoms with E-state index in [0.717, 1.165) is 5.56 Å². The topological polar surface area (TPSA) is 150 Å². The highest BCUT2D eigenvalue weighted by Gasteiger charge is 2.30. The number of rotatable bonds is 7. The van der Waals surface area contributed by atoms with Crippen LogP contribution in [0, 0.1) is 0 Å². The molecule has 2 atom stereocenters. The maximum atomic E-state index is 13.5. The Morgan fingerprint density at radius 1 is 1.30 bits per heavy atom. The minimum atomic E-state index is -1.68. The van der Waals surface area contributed by atoms with Gasteiger partial charge < -0.3 is 31.7 Å². The van der Waals surface area contributed by atoms with Gasteiger partial charge >= 0.3 is 0 Å². The standard InChI is InChI=1S/C22H24ClN5O4S/c23-14-5-6-18-16(10-14)21(20(27-18)22(26)29)33(30)28-7-8-31-15(11-28)12-32-19(25)9-13-3-1-2-4-17(13)24/h1-6,9-10,15,27H,7-8,11-12,24-25H2,(H2,26,29)/b19-9+. The number of carbonyl (C=O) groups is 1. The Labute approximate surface area is 198 Å². The van der Waals surface area contributed by atoms with Crippen LogP contribution in [-0.4, -0.2) is 51.8 Å². The summed E-state index contributed by atoms with van der Waals surface area (Å²) in [6, 6.07) is 12.3. The molecule has 11 heteroatoms. The second-order valence-corrected chi connectivity index (χ2v) is 9.36. The number of anilines is 1. The van der Waals surface area contributed by atoms with Crippen molar-refractivity contribution in [3.63, 3.8) is 0 Å². The lowest BCUT2D eigenvalue weighted by atomic mass is 10.2. The fraction of sp³-hybridized carbons (Fsp3) is 0.227. The number of nitrogens with zero attached hydrogens (tertiary/aromatic N) is 1. The summed E-state index contributed by atoms with van der Waals surface area (Å²) in [5.41, 5.74) is 19.5. The molecule has 1 aromatic heterocycles. The summed E-state index contributed by atoms with van der Waals surface area (Å²) in [6.07, 6.45) is 1.26. The molecule has 1 amide bonds. The van der Waals surface area contributed by atoms with Gasteiger partial charge in [-0.1, -0.05) is 29.8 Å². The van der Waals surface area contributed by atoms with Crippen molar-refractivity contribution >= 4 is 51.2 Å². The molecule has 1 aliphatic heterocycles. The minimum absolute atomic E-state index is 0.0949. The van der Waals surface area contributed by atoms with Gasteiger partial charge in [-0.15, -0.1) is 0 Å². The molecular weight excluding hydrogens is 466 g/mol. The number of ether oxygens (including phenoxy) is 2. The highest BCUT2D eigenvalue weighted by molar-refractivity contribution is 7.83. The predicted molar refractivity (Wildman–Crippen MR) is 129 cm³/mol. The molecule has 0 radical (unpaired) electrons. The number of benzene rings is 2. The number of nitrogens with two attached hydrogens (primary N) is 3. The Balaban J connectivity index is 1.48. The summed E-state index contributed by atoms with van der Waals surface area (Å²) in [7, 11) is -1.68. The number of nitrogen functional groups attached to an aromatic ring is 1. The number of para-hydroxylation sites is 1. The Hall–Kier alpha value is -3.05. The third-order valence-corrected chi connectivity index (χ3v) is 7.01. The first-order valence-electron chi connectivity index (χ1n) is 10.2. The molecule has 0 aliphatic carbocycles. The summed E-state index contributed by atoms with van der Waals surface area (Å²) < 4.78 is 26.6. The van der Waals surface area contributed by atoms with Gasteiger partial charge in [-0.2, -0.15) is 0 Å². The second-order valence-electron chi connectivity index (χ2n) is 7.50. The van der Waals surface area contributed by atoms with Crippen molar-refractivity contribution in [3.05, 3.63) is 64.6 Å². The normalized spacial score (nSPS) is 18.3. The Morgan fingerprint density at radius 2 is 2.09 bits per heavy atom. The average Bonchev–Trinajstić information content (AvgIpc) is 3.18. The minimum Gasteiger partial charge on any atom is -0.477 e. The number of H-pyrrole nitrogens is 1. The van der Waals surface area contributed by atoms with Crippen molar-refractivity contribution in [3.8, 4) is 0 Å². The molecule has 0 spiro atoms. The monoisotopic (exact) mass is 489 g/mol. The molecule has 9 nitrogen and oxygen atoms in total. The van der Waals surface area contributed by atoms with E-state index in [1.165, 1.54) is 0 Å². The van der Waals surface area contributed by atoms with Gasteiger partial charge in [0.05, 0.1) is 11.5 Å². The van der Waals surface area contributed by atoms with Crippen LogP contribution in [-0.2, 0) is 20.5 Å².